The van der Waals surface area contributed by atoms with Crippen molar-refractivity contribution in [3.05, 3.63) is 34.3 Å². The van der Waals surface area contributed by atoms with Crippen molar-refractivity contribution in [1.29, 1.82) is 0 Å². The number of carbonyl (C=O) groups is 1. The molecule has 0 rings (SSSR count). The fourth-order valence-electron chi connectivity index (χ4n) is 0.542. The molecule has 0 heterocycles. The average Bonchev–Trinajstić information content (AvgIpc) is 2.03. The summed E-state index contributed by atoms with van der Waals surface area (Å²) in [6, 6.07) is 0. The Morgan fingerprint density at radius 2 is 2.17 bits per heavy atom. The number of carbonyl (C=O) groups excluding carboxylic acids is 1. The van der Waals surface area contributed by atoms with Gasteiger partial charge in [-0.05, 0) is 15.9 Å². The minimum atomic E-state index is -0.540. The standard InChI is InChI=1S/C8H8BrClO2/c1-4-6(9)7(5(2)10)8(11)12-3/h4H,1-2H2,3H3/b7-6-. The van der Waals surface area contributed by atoms with Gasteiger partial charge in [-0.2, -0.15) is 0 Å². The summed E-state index contributed by atoms with van der Waals surface area (Å²) in [5.41, 5.74) is 0.189. The predicted octanol–water partition coefficient (Wildman–Crippen LogP) is 2.75. The van der Waals surface area contributed by atoms with Crippen LogP contribution < -0.4 is 0 Å². The monoisotopic (exact) mass is 250 g/mol. The zero-order chi connectivity index (χ0) is 9.72. The summed E-state index contributed by atoms with van der Waals surface area (Å²) in [6.45, 7) is 6.89. The van der Waals surface area contributed by atoms with Crippen molar-refractivity contribution >= 4 is 33.5 Å². The number of methoxy groups -OCH3 is 1. The van der Waals surface area contributed by atoms with Gasteiger partial charge in [-0.1, -0.05) is 30.8 Å². The van der Waals surface area contributed by atoms with Gasteiger partial charge in [0.25, 0.3) is 0 Å². The van der Waals surface area contributed by atoms with Crippen molar-refractivity contribution in [1.82, 2.24) is 0 Å². The molecule has 0 aromatic rings. The third-order valence-electron chi connectivity index (χ3n) is 1.08. The van der Waals surface area contributed by atoms with Crippen LogP contribution in [0.4, 0.5) is 0 Å². The second-order valence-corrected chi connectivity index (χ2v) is 3.13. The van der Waals surface area contributed by atoms with E-state index in [1.165, 1.54) is 13.2 Å². The van der Waals surface area contributed by atoms with Gasteiger partial charge in [0.1, 0.15) is 0 Å². The molecule has 4 heteroatoms. The lowest BCUT2D eigenvalue weighted by molar-refractivity contribution is -0.135. The first kappa shape index (κ1) is 11.5. The van der Waals surface area contributed by atoms with Gasteiger partial charge >= 0.3 is 5.97 Å². The molecule has 0 saturated carbocycles. The highest BCUT2D eigenvalue weighted by Gasteiger charge is 2.14. The van der Waals surface area contributed by atoms with Crippen LogP contribution in [0.5, 0.6) is 0 Å². The van der Waals surface area contributed by atoms with Crippen LogP contribution in [0.3, 0.4) is 0 Å². The number of allylic oxidation sites excluding steroid dienone is 2. The van der Waals surface area contributed by atoms with Crippen LogP contribution in [0.1, 0.15) is 0 Å². The predicted molar refractivity (Wildman–Crippen MR) is 53.2 cm³/mol. The molecule has 12 heavy (non-hydrogen) atoms. The van der Waals surface area contributed by atoms with Crippen molar-refractivity contribution in [3.8, 4) is 0 Å². The Bertz CT molecular complexity index is 256. The zero-order valence-electron chi connectivity index (χ0n) is 6.56. The van der Waals surface area contributed by atoms with Gasteiger partial charge in [0.15, 0.2) is 0 Å². The largest absolute Gasteiger partial charge is 0.465 e. The second kappa shape index (κ2) is 5.17. The molecule has 0 aliphatic rings. The maximum absolute atomic E-state index is 11.1. The van der Waals surface area contributed by atoms with Crippen molar-refractivity contribution in [2.45, 2.75) is 0 Å². The van der Waals surface area contributed by atoms with Gasteiger partial charge in [0.2, 0.25) is 0 Å². The molecule has 0 N–H and O–H groups in total. The van der Waals surface area contributed by atoms with E-state index in [0.29, 0.717) is 4.48 Å². The van der Waals surface area contributed by atoms with Crippen LogP contribution in [0.15, 0.2) is 34.3 Å². The van der Waals surface area contributed by atoms with Crippen molar-refractivity contribution in [2.75, 3.05) is 7.11 Å². The maximum Gasteiger partial charge on any atom is 0.340 e. The number of hydrogen-bond donors (Lipinski definition) is 0. The van der Waals surface area contributed by atoms with Crippen molar-refractivity contribution < 1.29 is 9.53 Å². The fourth-order valence-corrected chi connectivity index (χ4v) is 1.24. The number of esters is 1. The molecule has 0 atom stereocenters. The quantitative estimate of drug-likeness (QED) is 0.438. The number of rotatable bonds is 3. The lowest BCUT2D eigenvalue weighted by Gasteiger charge is -2.03. The molecule has 0 radical (unpaired) electrons. The zero-order valence-corrected chi connectivity index (χ0v) is 8.91. The lowest BCUT2D eigenvalue weighted by Crippen LogP contribution is -2.05. The van der Waals surface area contributed by atoms with Crippen LogP contribution in [-0.4, -0.2) is 13.1 Å². The van der Waals surface area contributed by atoms with Crippen LogP contribution >= 0.6 is 27.5 Å². The second-order valence-electron chi connectivity index (χ2n) is 1.82. The van der Waals surface area contributed by atoms with E-state index in [0.717, 1.165) is 0 Å². The highest BCUT2D eigenvalue weighted by molar-refractivity contribution is 9.12. The Labute approximate surface area is 84.7 Å². The number of halogens is 2. The van der Waals surface area contributed by atoms with E-state index in [-0.39, 0.29) is 10.6 Å². The van der Waals surface area contributed by atoms with Crippen LogP contribution in [0.25, 0.3) is 0 Å². The van der Waals surface area contributed by atoms with Gasteiger partial charge < -0.3 is 4.74 Å². The maximum atomic E-state index is 11.1. The number of hydrogen-bond acceptors (Lipinski definition) is 2. The Kier molecular flexibility index (Phi) is 4.93. The van der Waals surface area contributed by atoms with Crippen molar-refractivity contribution in [2.24, 2.45) is 0 Å². The third-order valence-corrected chi connectivity index (χ3v) is 1.99. The Balaban J connectivity index is 5.04. The van der Waals surface area contributed by atoms with Gasteiger partial charge in [0, 0.05) is 9.51 Å². The molecular weight excluding hydrogens is 243 g/mol. The average molecular weight is 252 g/mol. The minimum absolute atomic E-state index is 0.119. The molecule has 0 spiro atoms. The van der Waals surface area contributed by atoms with E-state index in [4.69, 9.17) is 11.6 Å². The fraction of sp³-hybridized carbons (Fsp3) is 0.125. The van der Waals surface area contributed by atoms with Crippen LogP contribution in [0, 0.1) is 0 Å². The summed E-state index contributed by atoms with van der Waals surface area (Å²) in [5.74, 6) is -0.540. The molecule has 0 saturated heterocycles. The first-order chi connectivity index (χ1) is 5.54. The first-order valence-corrected chi connectivity index (χ1v) is 4.17. The molecule has 0 fully saturated rings. The van der Waals surface area contributed by atoms with E-state index in [1.54, 1.807) is 0 Å². The first-order valence-electron chi connectivity index (χ1n) is 2.99. The smallest absolute Gasteiger partial charge is 0.340 e. The van der Waals surface area contributed by atoms with Gasteiger partial charge in [-0.15, -0.1) is 0 Å². The lowest BCUT2D eigenvalue weighted by atomic mass is 10.2. The van der Waals surface area contributed by atoms with Gasteiger partial charge in [-0.3, -0.25) is 0 Å². The summed E-state index contributed by atoms with van der Waals surface area (Å²) in [6.07, 6.45) is 1.44. The third kappa shape index (κ3) is 2.83. The van der Waals surface area contributed by atoms with E-state index in [1.807, 2.05) is 0 Å². The Morgan fingerprint density at radius 3 is 2.42 bits per heavy atom. The highest BCUT2D eigenvalue weighted by Crippen LogP contribution is 2.22. The normalized spacial score (nSPS) is 11.6. The Hall–Kier alpha value is -0.540. The minimum Gasteiger partial charge on any atom is -0.465 e. The molecule has 2 nitrogen and oxygen atoms in total. The summed E-state index contributed by atoms with van der Waals surface area (Å²) < 4.78 is 4.94. The van der Waals surface area contributed by atoms with Crippen molar-refractivity contribution in [3.63, 3.8) is 0 Å². The van der Waals surface area contributed by atoms with Crippen LogP contribution in [0.2, 0.25) is 0 Å². The van der Waals surface area contributed by atoms with Crippen LogP contribution in [-0.2, 0) is 9.53 Å². The molecule has 0 unspecified atom stereocenters. The highest BCUT2D eigenvalue weighted by atomic mass is 79.9. The molecule has 66 valence electrons. The Morgan fingerprint density at radius 1 is 1.67 bits per heavy atom. The SMILES string of the molecule is C=C/C(Br)=C(\C(=C)Cl)C(=O)OC. The summed E-state index contributed by atoms with van der Waals surface area (Å²) in [7, 11) is 1.27. The van der Waals surface area contributed by atoms with E-state index in [9.17, 15) is 4.79 Å². The molecule has 0 aliphatic heterocycles. The molecule has 0 aliphatic carbocycles. The molecule has 0 bridgehead atoms. The summed E-state index contributed by atoms with van der Waals surface area (Å²) in [4.78, 5) is 11.1. The van der Waals surface area contributed by atoms with E-state index < -0.39 is 5.97 Å². The number of ether oxygens (including phenoxy) is 1. The van der Waals surface area contributed by atoms with E-state index in [2.05, 4.69) is 33.8 Å². The summed E-state index contributed by atoms with van der Waals surface area (Å²) >= 11 is 8.66. The van der Waals surface area contributed by atoms with Gasteiger partial charge in [-0.25, -0.2) is 4.79 Å². The molecule has 0 aromatic heterocycles. The molecular formula is C8H8BrClO2. The topological polar surface area (TPSA) is 26.3 Å². The van der Waals surface area contributed by atoms with Gasteiger partial charge in [0.05, 0.1) is 12.7 Å². The van der Waals surface area contributed by atoms with E-state index >= 15 is 0 Å². The molecule has 0 aromatic carbocycles. The molecule has 0 amide bonds. The summed E-state index contributed by atoms with van der Waals surface area (Å²) in [5, 5.41) is 0.119.